The first-order chi connectivity index (χ1) is 11.2. The number of amides is 1. The number of nitrogens with one attached hydrogen (secondary N) is 1. The summed E-state index contributed by atoms with van der Waals surface area (Å²) in [5, 5.41) is 3.67. The lowest BCUT2D eigenvalue weighted by Gasteiger charge is -2.17. The van der Waals surface area contributed by atoms with Crippen LogP contribution in [0.15, 0.2) is 54.7 Å². The van der Waals surface area contributed by atoms with E-state index in [0.717, 1.165) is 30.9 Å². The van der Waals surface area contributed by atoms with Gasteiger partial charge in [-0.3, -0.25) is 4.79 Å². The van der Waals surface area contributed by atoms with E-state index in [9.17, 15) is 4.79 Å². The normalized spacial score (nSPS) is 17.6. The van der Waals surface area contributed by atoms with E-state index in [0.29, 0.717) is 5.02 Å². The molecule has 3 rings (SSSR count). The second-order valence-electron chi connectivity index (χ2n) is 5.48. The smallest absolute Gasteiger partial charge is 0.244 e. The van der Waals surface area contributed by atoms with Crippen LogP contribution in [0.1, 0.15) is 12.0 Å². The summed E-state index contributed by atoms with van der Waals surface area (Å²) in [5.74, 6) is 0.855. The second-order valence-corrected chi connectivity index (χ2v) is 5.89. The molecule has 0 aliphatic carbocycles. The molecule has 2 aromatic rings. The highest BCUT2D eigenvalue weighted by molar-refractivity contribution is 6.32. The van der Waals surface area contributed by atoms with Crippen molar-refractivity contribution < 1.29 is 4.79 Å². The first-order valence-corrected chi connectivity index (χ1v) is 7.99. The van der Waals surface area contributed by atoms with Gasteiger partial charge in [-0.1, -0.05) is 35.9 Å². The summed E-state index contributed by atoms with van der Waals surface area (Å²) in [5.41, 5.74) is 0.839. The van der Waals surface area contributed by atoms with E-state index < -0.39 is 0 Å². The summed E-state index contributed by atoms with van der Waals surface area (Å²) >= 11 is 6.07. The molecular formula is C18H18ClN3O. The molecule has 2 heterocycles. The molecule has 0 radical (unpaired) electrons. The van der Waals surface area contributed by atoms with Crippen LogP contribution in [0.3, 0.4) is 0 Å². The Morgan fingerprint density at radius 3 is 2.87 bits per heavy atom. The standard InChI is InChI=1S/C18H18ClN3O/c19-16-6-2-1-5-14(16)8-9-18(23)21-15-10-12-22(13-15)17-7-3-4-11-20-17/h1-9,11,15H,10,12-13H2,(H,21,23)/b9-8+/t15-/m0/s1. The van der Waals surface area contributed by atoms with Gasteiger partial charge in [0.2, 0.25) is 5.91 Å². The zero-order valence-corrected chi connectivity index (χ0v) is 13.4. The summed E-state index contributed by atoms with van der Waals surface area (Å²) < 4.78 is 0. The molecule has 1 aliphatic rings. The number of hydrogen-bond donors (Lipinski definition) is 1. The van der Waals surface area contributed by atoms with Gasteiger partial charge in [0.25, 0.3) is 0 Å². The van der Waals surface area contributed by atoms with Gasteiger partial charge in [0.05, 0.1) is 0 Å². The average Bonchev–Trinajstić information content (AvgIpc) is 3.03. The summed E-state index contributed by atoms with van der Waals surface area (Å²) in [6.07, 6.45) is 5.98. The summed E-state index contributed by atoms with van der Waals surface area (Å²) in [6, 6.07) is 13.4. The van der Waals surface area contributed by atoms with Gasteiger partial charge in [-0.25, -0.2) is 4.98 Å². The minimum atomic E-state index is -0.0993. The SMILES string of the molecule is O=C(/C=C/c1ccccc1Cl)N[C@H]1CCN(c2ccccn2)C1. The molecule has 1 aromatic carbocycles. The zero-order chi connectivity index (χ0) is 16.1. The number of pyridine rings is 1. The van der Waals surface area contributed by atoms with E-state index in [1.54, 1.807) is 18.3 Å². The van der Waals surface area contributed by atoms with Gasteiger partial charge in [-0.05, 0) is 36.3 Å². The largest absolute Gasteiger partial charge is 0.354 e. The van der Waals surface area contributed by atoms with Crippen LogP contribution in [0, 0.1) is 0 Å². The van der Waals surface area contributed by atoms with Crippen molar-refractivity contribution >= 4 is 29.4 Å². The van der Waals surface area contributed by atoms with E-state index in [1.165, 1.54) is 6.08 Å². The van der Waals surface area contributed by atoms with Crippen molar-refractivity contribution in [2.75, 3.05) is 18.0 Å². The molecule has 1 aliphatic heterocycles. The molecule has 5 heteroatoms. The maximum absolute atomic E-state index is 12.1. The minimum Gasteiger partial charge on any atom is -0.354 e. The predicted molar refractivity (Wildman–Crippen MR) is 93.5 cm³/mol. The predicted octanol–water partition coefficient (Wildman–Crippen LogP) is 3.14. The van der Waals surface area contributed by atoms with Crippen LogP contribution in [-0.4, -0.2) is 30.0 Å². The molecule has 0 bridgehead atoms. The van der Waals surface area contributed by atoms with Crippen LogP contribution in [0.2, 0.25) is 5.02 Å². The number of rotatable bonds is 4. The number of benzene rings is 1. The maximum atomic E-state index is 12.1. The van der Waals surface area contributed by atoms with Gasteiger partial charge in [0, 0.05) is 36.4 Å². The highest BCUT2D eigenvalue weighted by atomic mass is 35.5. The average molecular weight is 328 g/mol. The van der Waals surface area contributed by atoms with Gasteiger partial charge in [-0.15, -0.1) is 0 Å². The molecule has 4 nitrogen and oxygen atoms in total. The van der Waals surface area contributed by atoms with E-state index in [2.05, 4.69) is 15.2 Å². The highest BCUT2D eigenvalue weighted by Crippen LogP contribution is 2.18. The van der Waals surface area contributed by atoms with Crippen molar-refractivity contribution in [3.63, 3.8) is 0 Å². The van der Waals surface area contributed by atoms with Crippen LogP contribution >= 0.6 is 11.6 Å². The molecule has 1 fully saturated rings. The molecule has 1 saturated heterocycles. The van der Waals surface area contributed by atoms with Crippen molar-refractivity contribution in [3.05, 3.63) is 65.3 Å². The van der Waals surface area contributed by atoms with Crippen molar-refractivity contribution in [1.82, 2.24) is 10.3 Å². The first-order valence-electron chi connectivity index (χ1n) is 7.61. The Labute approximate surface area is 140 Å². The number of halogens is 1. The number of carbonyl (C=O) groups excluding carboxylic acids is 1. The van der Waals surface area contributed by atoms with Crippen molar-refractivity contribution in [3.8, 4) is 0 Å². The lowest BCUT2D eigenvalue weighted by atomic mass is 10.2. The molecular weight excluding hydrogens is 310 g/mol. The van der Waals surface area contributed by atoms with Crippen LogP contribution in [0.5, 0.6) is 0 Å². The van der Waals surface area contributed by atoms with E-state index >= 15 is 0 Å². The molecule has 0 saturated carbocycles. The lowest BCUT2D eigenvalue weighted by Crippen LogP contribution is -2.36. The fraction of sp³-hybridized carbons (Fsp3) is 0.222. The molecule has 1 aromatic heterocycles. The molecule has 118 valence electrons. The number of hydrogen-bond acceptors (Lipinski definition) is 3. The van der Waals surface area contributed by atoms with E-state index in [-0.39, 0.29) is 11.9 Å². The van der Waals surface area contributed by atoms with Gasteiger partial charge < -0.3 is 10.2 Å². The Bertz CT molecular complexity index is 702. The third-order valence-corrected chi connectivity index (χ3v) is 4.17. The van der Waals surface area contributed by atoms with Crippen LogP contribution < -0.4 is 10.2 Å². The van der Waals surface area contributed by atoms with Crippen molar-refractivity contribution in [2.24, 2.45) is 0 Å². The fourth-order valence-corrected chi connectivity index (χ4v) is 2.85. The minimum absolute atomic E-state index is 0.0993. The topological polar surface area (TPSA) is 45.2 Å². The van der Waals surface area contributed by atoms with Crippen molar-refractivity contribution in [1.29, 1.82) is 0 Å². The van der Waals surface area contributed by atoms with Gasteiger partial charge in [0.15, 0.2) is 0 Å². The van der Waals surface area contributed by atoms with Gasteiger partial charge in [-0.2, -0.15) is 0 Å². The number of aromatic nitrogens is 1. The molecule has 0 spiro atoms. The molecule has 1 atom stereocenters. The van der Waals surface area contributed by atoms with Gasteiger partial charge in [0.1, 0.15) is 5.82 Å². The third kappa shape index (κ3) is 4.11. The molecule has 1 amide bonds. The number of carbonyl (C=O) groups is 1. The Morgan fingerprint density at radius 2 is 2.09 bits per heavy atom. The Balaban J connectivity index is 1.54. The van der Waals surface area contributed by atoms with Crippen LogP contribution in [0.25, 0.3) is 6.08 Å². The number of nitrogens with zero attached hydrogens (tertiary/aromatic N) is 2. The quantitative estimate of drug-likeness (QED) is 0.877. The van der Waals surface area contributed by atoms with Crippen molar-refractivity contribution in [2.45, 2.75) is 12.5 Å². The molecule has 0 unspecified atom stereocenters. The van der Waals surface area contributed by atoms with Gasteiger partial charge >= 0.3 is 0 Å². The monoisotopic (exact) mass is 327 g/mol. The van der Waals surface area contributed by atoms with E-state index in [4.69, 9.17) is 11.6 Å². The number of anilines is 1. The fourth-order valence-electron chi connectivity index (χ4n) is 2.65. The first kappa shape index (κ1) is 15.6. The molecule has 23 heavy (non-hydrogen) atoms. The summed E-state index contributed by atoms with van der Waals surface area (Å²) in [6.45, 7) is 1.68. The summed E-state index contributed by atoms with van der Waals surface area (Å²) in [4.78, 5) is 18.6. The third-order valence-electron chi connectivity index (χ3n) is 3.83. The lowest BCUT2D eigenvalue weighted by molar-refractivity contribution is -0.117. The molecule has 1 N–H and O–H groups in total. The Hall–Kier alpha value is -2.33. The van der Waals surface area contributed by atoms with Crippen LogP contribution in [0.4, 0.5) is 5.82 Å². The highest BCUT2D eigenvalue weighted by Gasteiger charge is 2.23. The van der Waals surface area contributed by atoms with E-state index in [1.807, 2.05) is 36.4 Å². The Kier molecular flexibility index (Phi) is 4.93. The second kappa shape index (κ2) is 7.29. The van der Waals surface area contributed by atoms with Crippen LogP contribution in [-0.2, 0) is 4.79 Å². The summed E-state index contributed by atoms with van der Waals surface area (Å²) in [7, 11) is 0. The maximum Gasteiger partial charge on any atom is 0.244 e. The Morgan fingerprint density at radius 1 is 1.26 bits per heavy atom. The zero-order valence-electron chi connectivity index (χ0n) is 12.7.